The molecule has 2 rings (SSSR count). The number of nitrogens with zero attached hydrogens (tertiary/aromatic N) is 1. The Bertz CT molecular complexity index is 608. The summed E-state index contributed by atoms with van der Waals surface area (Å²) in [5.41, 5.74) is 5.75. The summed E-state index contributed by atoms with van der Waals surface area (Å²) in [6.45, 7) is 0. The summed E-state index contributed by atoms with van der Waals surface area (Å²) < 4.78 is 27.2. The van der Waals surface area contributed by atoms with E-state index in [2.05, 4.69) is 0 Å². The van der Waals surface area contributed by atoms with Gasteiger partial charge in [0.1, 0.15) is 17.3 Å². The Kier molecular flexibility index (Phi) is 3.46. The van der Waals surface area contributed by atoms with E-state index in [-0.39, 0.29) is 11.3 Å². The number of nitrogens with two attached hydrogens (primary N) is 1. The molecule has 98 valence electrons. The number of hydrogen-bond donors (Lipinski definition) is 1. The molecule has 0 bridgehead atoms. The minimum Gasteiger partial charge on any atom is -0.398 e. The van der Waals surface area contributed by atoms with Crippen molar-refractivity contribution < 1.29 is 13.6 Å². The first kappa shape index (κ1) is 13.0. The Morgan fingerprint density at radius 1 is 1.05 bits per heavy atom. The van der Waals surface area contributed by atoms with Crippen molar-refractivity contribution in [1.82, 2.24) is 0 Å². The normalized spacial score (nSPS) is 10.3. The molecule has 2 N–H and O–H groups in total. The van der Waals surface area contributed by atoms with Gasteiger partial charge in [0.15, 0.2) is 0 Å². The van der Waals surface area contributed by atoms with Crippen LogP contribution >= 0.6 is 0 Å². The maximum Gasteiger partial charge on any atom is 0.260 e. The minimum atomic E-state index is -0.801. The molecule has 5 heteroatoms. The molecule has 0 atom stereocenters. The van der Waals surface area contributed by atoms with E-state index >= 15 is 0 Å². The zero-order chi connectivity index (χ0) is 14.0. The first-order valence-electron chi connectivity index (χ1n) is 5.59. The molecular formula is C14H12F2N2O. The molecule has 0 spiro atoms. The molecule has 3 nitrogen and oxygen atoms in total. The second kappa shape index (κ2) is 5.06. The van der Waals surface area contributed by atoms with E-state index in [0.29, 0.717) is 0 Å². The molecule has 2 aromatic carbocycles. The van der Waals surface area contributed by atoms with Gasteiger partial charge in [0.2, 0.25) is 0 Å². The lowest BCUT2D eigenvalue weighted by Gasteiger charge is -2.19. The number of anilines is 2. The maximum atomic E-state index is 13.6. The van der Waals surface area contributed by atoms with Gasteiger partial charge in [-0.3, -0.25) is 4.79 Å². The lowest BCUT2D eigenvalue weighted by atomic mass is 10.1. The smallest absolute Gasteiger partial charge is 0.260 e. The van der Waals surface area contributed by atoms with Gasteiger partial charge in [0, 0.05) is 12.7 Å². The topological polar surface area (TPSA) is 46.3 Å². The van der Waals surface area contributed by atoms with Crippen LogP contribution in [0.4, 0.5) is 20.2 Å². The molecule has 2 aromatic rings. The fourth-order valence-corrected chi connectivity index (χ4v) is 1.78. The summed E-state index contributed by atoms with van der Waals surface area (Å²) in [5, 5.41) is 0. The summed E-state index contributed by atoms with van der Waals surface area (Å²) in [6.07, 6.45) is 0. The average molecular weight is 262 g/mol. The number of nitrogen functional groups attached to an aromatic ring is 1. The van der Waals surface area contributed by atoms with E-state index in [4.69, 9.17) is 5.73 Å². The van der Waals surface area contributed by atoms with Crippen LogP contribution in [0.5, 0.6) is 0 Å². The molecule has 0 aliphatic heterocycles. The third kappa shape index (κ3) is 2.40. The van der Waals surface area contributed by atoms with Crippen molar-refractivity contribution in [2.24, 2.45) is 0 Å². The molecule has 0 fully saturated rings. The zero-order valence-corrected chi connectivity index (χ0v) is 10.2. The molecule has 0 heterocycles. The van der Waals surface area contributed by atoms with Crippen LogP contribution in [0.1, 0.15) is 10.4 Å². The van der Waals surface area contributed by atoms with Gasteiger partial charge in [-0.2, -0.15) is 0 Å². The first-order valence-corrected chi connectivity index (χ1v) is 5.59. The number of hydrogen-bond acceptors (Lipinski definition) is 2. The Hall–Kier alpha value is -2.43. The summed E-state index contributed by atoms with van der Waals surface area (Å²) >= 11 is 0. The number of benzene rings is 2. The second-order valence-electron chi connectivity index (χ2n) is 4.02. The molecule has 0 unspecified atom stereocenters. The quantitative estimate of drug-likeness (QED) is 0.846. The first-order chi connectivity index (χ1) is 9.02. The zero-order valence-electron chi connectivity index (χ0n) is 10.2. The predicted octanol–water partition coefficient (Wildman–Crippen LogP) is 2.82. The third-order valence-electron chi connectivity index (χ3n) is 2.77. The molecule has 0 aromatic heterocycles. The van der Waals surface area contributed by atoms with Gasteiger partial charge in [-0.25, -0.2) is 8.78 Å². The van der Waals surface area contributed by atoms with Gasteiger partial charge >= 0.3 is 0 Å². The van der Waals surface area contributed by atoms with Crippen LogP contribution in [-0.4, -0.2) is 13.0 Å². The summed E-state index contributed by atoms with van der Waals surface area (Å²) in [6, 6.07) is 9.80. The number of halogens is 2. The fraction of sp³-hybridized carbons (Fsp3) is 0.0714. The Morgan fingerprint density at radius 3 is 2.21 bits per heavy atom. The third-order valence-corrected chi connectivity index (χ3v) is 2.77. The van der Waals surface area contributed by atoms with Crippen molar-refractivity contribution in [3.63, 3.8) is 0 Å². The van der Waals surface area contributed by atoms with Crippen LogP contribution in [0.3, 0.4) is 0 Å². The van der Waals surface area contributed by atoms with E-state index in [1.165, 1.54) is 19.2 Å². The number of carbonyl (C=O) groups excluding carboxylic acids is 1. The summed E-state index contributed by atoms with van der Waals surface area (Å²) in [4.78, 5) is 13.1. The van der Waals surface area contributed by atoms with E-state index in [1.807, 2.05) is 0 Å². The van der Waals surface area contributed by atoms with Crippen molar-refractivity contribution in [3.05, 3.63) is 59.7 Å². The Morgan fingerprint density at radius 2 is 1.63 bits per heavy atom. The van der Waals surface area contributed by atoms with Crippen molar-refractivity contribution in [3.8, 4) is 0 Å². The largest absolute Gasteiger partial charge is 0.398 e. The second-order valence-corrected chi connectivity index (χ2v) is 4.02. The molecule has 0 saturated heterocycles. The molecule has 0 aliphatic carbocycles. The molecule has 1 amide bonds. The van der Waals surface area contributed by atoms with E-state index in [9.17, 15) is 13.6 Å². The van der Waals surface area contributed by atoms with Gasteiger partial charge in [0.05, 0.1) is 5.56 Å². The van der Waals surface area contributed by atoms with Crippen molar-refractivity contribution in [2.75, 3.05) is 17.7 Å². The van der Waals surface area contributed by atoms with Crippen molar-refractivity contribution >= 4 is 17.3 Å². The molecule has 19 heavy (non-hydrogen) atoms. The van der Waals surface area contributed by atoms with E-state index in [0.717, 1.165) is 17.0 Å². The van der Waals surface area contributed by atoms with Gasteiger partial charge in [-0.05, 0) is 24.3 Å². The molecular weight excluding hydrogens is 250 g/mol. The molecule has 0 aliphatic rings. The van der Waals surface area contributed by atoms with Gasteiger partial charge < -0.3 is 10.6 Å². The lowest BCUT2D eigenvalue weighted by Crippen LogP contribution is -2.28. The van der Waals surface area contributed by atoms with Gasteiger partial charge in [-0.15, -0.1) is 0 Å². The Balaban J connectivity index is 2.43. The highest BCUT2D eigenvalue weighted by atomic mass is 19.1. The Labute approximate surface area is 109 Å². The van der Waals surface area contributed by atoms with Gasteiger partial charge in [0.25, 0.3) is 5.91 Å². The van der Waals surface area contributed by atoms with Gasteiger partial charge in [-0.1, -0.05) is 18.2 Å². The number of para-hydroxylation sites is 2. The molecule has 0 saturated carbocycles. The minimum absolute atomic E-state index is 0.202. The maximum absolute atomic E-state index is 13.6. The monoisotopic (exact) mass is 262 g/mol. The average Bonchev–Trinajstić information content (AvgIpc) is 2.38. The summed E-state index contributed by atoms with van der Waals surface area (Å²) in [7, 11) is 1.30. The highest BCUT2D eigenvalue weighted by molar-refractivity contribution is 6.09. The number of carbonyl (C=O) groups is 1. The van der Waals surface area contributed by atoms with E-state index < -0.39 is 23.2 Å². The SMILES string of the molecule is CN(C(=O)c1ccccc1N)c1c(F)cccc1F. The van der Waals surface area contributed by atoms with Crippen LogP contribution in [0.15, 0.2) is 42.5 Å². The van der Waals surface area contributed by atoms with Crippen LogP contribution in [0, 0.1) is 11.6 Å². The lowest BCUT2D eigenvalue weighted by molar-refractivity contribution is 0.0992. The highest BCUT2D eigenvalue weighted by Crippen LogP contribution is 2.24. The summed E-state index contributed by atoms with van der Waals surface area (Å²) in [5.74, 6) is -2.17. The predicted molar refractivity (Wildman–Crippen MR) is 69.9 cm³/mol. The van der Waals surface area contributed by atoms with Crippen molar-refractivity contribution in [1.29, 1.82) is 0 Å². The standard InChI is InChI=1S/C14H12F2N2O/c1-18(13-10(15)6-4-7-11(13)16)14(19)9-5-2-3-8-12(9)17/h2-8H,17H2,1H3. The van der Waals surface area contributed by atoms with Crippen molar-refractivity contribution in [2.45, 2.75) is 0 Å². The number of rotatable bonds is 2. The van der Waals surface area contributed by atoms with Crippen LogP contribution in [-0.2, 0) is 0 Å². The fourth-order valence-electron chi connectivity index (χ4n) is 1.78. The van der Waals surface area contributed by atoms with E-state index in [1.54, 1.807) is 18.2 Å². The highest BCUT2D eigenvalue weighted by Gasteiger charge is 2.21. The van der Waals surface area contributed by atoms with Crippen LogP contribution in [0.2, 0.25) is 0 Å². The molecule has 0 radical (unpaired) electrons. The van der Waals surface area contributed by atoms with Crippen LogP contribution < -0.4 is 10.6 Å². The van der Waals surface area contributed by atoms with Crippen LogP contribution in [0.25, 0.3) is 0 Å². The number of amides is 1.